The lowest BCUT2D eigenvalue weighted by atomic mass is 9.99. The molecular formula is C21H16FN3O3S. The van der Waals surface area contributed by atoms with Gasteiger partial charge in [-0.1, -0.05) is 24.3 Å². The van der Waals surface area contributed by atoms with Gasteiger partial charge >= 0.3 is 0 Å². The molecule has 3 N–H and O–H groups in total. The third-order valence-electron chi connectivity index (χ3n) is 4.26. The van der Waals surface area contributed by atoms with Crippen LogP contribution in [0.2, 0.25) is 0 Å². The summed E-state index contributed by atoms with van der Waals surface area (Å²) in [6.07, 6.45) is 0. The van der Waals surface area contributed by atoms with Crippen LogP contribution in [0.15, 0.2) is 71.6 Å². The predicted octanol–water partition coefficient (Wildman–Crippen LogP) is 2.94. The van der Waals surface area contributed by atoms with Crippen molar-refractivity contribution in [3.63, 3.8) is 0 Å². The highest BCUT2D eigenvalue weighted by Gasteiger charge is 2.15. The lowest BCUT2D eigenvalue weighted by Crippen LogP contribution is -2.23. The van der Waals surface area contributed by atoms with Crippen LogP contribution in [0.5, 0.6) is 0 Å². The minimum Gasteiger partial charge on any atom is -0.348 e. The second-order valence-corrected chi connectivity index (χ2v) is 7.81. The van der Waals surface area contributed by atoms with Gasteiger partial charge in [0.25, 0.3) is 5.91 Å². The van der Waals surface area contributed by atoms with Crippen molar-refractivity contribution >= 4 is 15.9 Å². The maximum atomic E-state index is 13.8. The van der Waals surface area contributed by atoms with E-state index in [1.807, 2.05) is 6.07 Å². The number of amides is 1. The number of sulfonamides is 1. The molecule has 0 aliphatic heterocycles. The summed E-state index contributed by atoms with van der Waals surface area (Å²) in [6, 6.07) is 18.1. The average Bonchev–Trinajstić information content (AvgIpc) is 2.71. The Kier molecular flexibility index (Phi) is 5.73. The molecule has 29 heavy (non-hydrogen) atoms. The van der Waals surface area contributed by atoms with E-state index in [9.17, 15) is 17.6 Å². The fourth-order valence-electron chi connectivity index (χ4n) is 2.75. The molecule has 0 aliphatic carbocycles. The molecule has 0 unspecified atom stereocenters. The number of rotatable bonds is 5. The fraction of sp³-hybridized carbons (Fsp3) is 0.0476. The van der Waals surface area contributed by atoms with Gasteiger partial charge in [0.1, 0.15) is 5.82 Å². The van der Waals surface area contributed by atoms with Gasteiger partial charge in [-0.15, -0.1) is 0 Å². The highest BCUT2D eigenvalue weighted by Crippen LogP contribution is 2.26. The maximum Gasteiger partial charge on any atom is 0.252 e. The second-order valence-electron chi connectivity index (χ2n) is 6.25. The molecule has 0 saturated heterocycles. The number of hydrogen-bond donors (Lipinski definition) is 2. The molecule has 0 aliphatic rings. The number of nitrogens with two attached hydrogens (primary N) is 1. The number of nitrogens with zero attached hydrogens (tertiary/aromatic N) is 1. The Labute approximate surface area is 167 Å². The van der Waals surface area contributed by atoms with Gasteiger partial charge in [-0.05, 0) is 59.2 Å². The van der Waals surface area contributed by atoms with Crippen LogP contribution in [0.1, 0.15) is 21.5 Å². The number of halogens is 1. The number of nitrogens with one attached hydrogen (secondary N) is 1. The molecule has 0 radical (unpaired) electrons. The Morgan fingerprint density at radius 3 is 2.28 bits per heavy atom. The number of carbonyl (C=O) groups is 1. The zero-order chi connectivity index (χ0) is 21.0. The van der Waals surface area contributed by atoms with Crippen LogP contribution in [0.25, 0.3) is 11.1 Å². The predicted molar refractivity (Wildman–Crippen MR) is 106 cm³/mol. The van der Waals surface area contributed by atoms with Gasteiger partial charge in [-0.3, -0.25) is 4.79 Å². The first kappa shape index (κ1) is 20.2. The summed E-state index contributed by atoms with van der Waals surface area (Å²) in [5, 5.41) is 16.7. The molecule has 1 amide bonds. The number of primary sulfonamides is 1. The Morgan fingerprint density at radius 2 is 1.69 bits per heavy atom. The van der Waals surface area contributed by atoms with Crippen LogP contribution < -0.4 is 10.5 Å². The zero-order valence-corrected chi connectivity index (χ0v) is 15.9. The molecule has 0 heterocycles. The van der Waals surface area contributed by atoms with Gasteiger partial charge in [-0.25, -0.2) is 17.9 Å². The normalized spacial score (nSPS) is 10.9. The summed E-state index contributed by atoms with van der Waals surface area (Å²) >= 11 is 0. The first-order valence-corrected chi connectivity index (χ1v) is 10.0. The average molecular weight is 409 g/mol. The number of carbonyl (C=O) groups excluding carboxylic acids is 1. The van der Waals surface area contributed by atoms with Crippen LogP contribution >= 0.6 is 0 Å². The molecule has 3 aromatic rings. The Balaban J connectivity index is 1.86. The van der Waals surface area contributed by atoms with Gasteiger partial charge in [0.2, 0.25) is 10.0 Å². The summed E-state index contributed by atoms with van der Waals surface area (Å²) in [7, 11) is -3.85. The maximum absolute atomic E-state index is 13.8. The SMILES string of the molecule is N#Cc1ccc(CNC(=O)c2ccc(F)cc2-c2ccc(S(N)(=O)=O)cc2)cc1. The first-order valence-electron chi connectivity index (χ1n) is 8.48. The zero-order valence-electron chi connectivity index (χ0n) is 15.1. The molecule has 0 spiro atoms. The molecule has 0 atom stereocenters. The highest BCUT2D eigenvalue weighted by molar-refractivity contribution is 7.89. The third kappa shape index (κ3) is 4.85. The van der Waals surface area contributed by atoms with Gasteiger partial charge in [-0.2, -0.15) is 5.26 Å². The van der Waals surface area contributed by atoms with Gasteiger partial charge in [0.15, 0.2) is 0 Å². The van der Waals surface area contributed by atoms with E-state index in [-0.39, 0.29) is 17.0 Å². The first-order chi connectivity index (χ1) is 13.8. The third-order valence-corrected chi connectivity index (χ3v) is 5.19. The van der Waals surface area contributed by atoms with Gasteiger partial charge < -0.3 is 5.32 Å². The Hall–Kier alpha value is -3.54. The monoisotopic (exact) mass is 409 g/mol. The Bertz CT molecular complexity index is 1200. The summed E-state index contributed by atoms with van der Waals surface area (Å²) in [6.45, 7) is 0.228. The van der Waals surface area contributed by atoms with E-state index in [4.69, 9.17) is 10.4 Å². The molecule has 0 aromatic heterocycles. The molecule has 3 aromatic carbocycles. The second kappa shape index (κ2) is 8.22. The lowest BCUT2D eigenvalue weighted by molar-refractivity contribution is 0.0951. The van der Waals surface area contributed by atoms with Crippen LogP contribution in [0.4, 0.5) is 4.39 Å². The summed E-state index contributed by atoms with van der Waals surface area (Å²) in [4.78, 5) is 12.6. The number of hydrogen-bond acceptors (Lipinski definition) is 4. The molecular weight excluding hydrogens is 393 g/mol. The summed E-state index contributed by atoms with van der Waals surface area (Å²) < 4.78 is 36.6. The summed E-state index contributed by atoms with van der Waals surface area (Å²) in [5.74, 6) is -0.945. The molecule has 0 saturated carbocycles. The molecule has 3 rings (SSSR count). The molecule has 0 fully saturated rings. The van der Waals surface area contributed by atoms with E-state index < -0.39 is 21.7 Å². The summed E-state index contributed by atoms with van der Waals surface area (Å²) in [5.41, 5.74) is 2.36. The fourth-order valence-corrected chi connectivity index (χ4v) is 3.27. The topological polar surface area (TPSA) is 113 Å². The van der Waals surface area contributed by atoms with E-state index in [2.05, 4.69) is 5.32 Å². The van der Waals surface area contributed by atoms with Crippen molar-refractivity contribution in [1.82, 2.24) is 5.32 Å². The minimum absolute atomic E-state index is 0.0792. The van der Waals surface area contributed by atoms with Crippen molar-refractivity contribution in [1.29, 1.82) is 5.26 Å². The van der Waals surface area contributed by atoms with E-state index >= 15 is 0 Å². The van der Waals surface area contributed by atoms with Gasteiger partial charge in [0.05, 0.1) is 16.5 Å². The van der Waals surface area contributed by atoms with E-state index in [1.54, 1.807) is 24.3 Å². The minimum atomic E-state index is -3.85. The molecule has 0 bridgehead atoms. The van der Waals surface area contributed by atoms with Gasteiger partial charge in [0, 0.05) is 12.1 Å². The van der Waals surface area contributed by atoms with Crippen molar-refractivity contribution in [3.05, 3.63) is 89.2 Å². The van der Waals surface area contributed by atoms with E-state index in [0.717, 1.165) is 5.56 Å². The van der Waals surface area contributed by atoms with Crippen molar-refractivity contribution < 1.29 is 17.6 Å². The van der Waals surface area contributed by atoms with E-state index in [1.165, 1.54) is 42.5 Å². The Morgan fingerprint density at radius 1 is 1.03 bits per heavy atom. The quantitative estimate of drug-likeness (QED) is 0.674. The van der Waals surface area contributed by atoms with Crippen LogP contribution in [-0.2, 0) is 16.6 Å². The highest BCUT2D eigenvalue weighted by atomic mass is 32.2. The van der Waals surface area contributed by atoms with Crippen molar-refractivity contribution in [2.24, 2.45) is 5.14 Å². The standard InChI is InChI=1S/C21H16FN3O3S/c22-17-7-10-19(21(26)25-13-15-3-1-14(12-23)2-4-15)20(11-17)16-5-8-18(9-6-16)29(24,27)28/h1-11H,13H2,(H,25,26)(H2,24,27,28). The largest absolute Gasteiger partial charge is 0.348 e. The molecule has 146 valence electrons. The van der Waals surface area contributed by atoms with E-state index in [0.29, 0.717) is 16.7 Å². The van der Waals surface area contributed by atoms with Crippen molar-refractivity contribution in [3.8, 4) is 17.2 Å². The number of benzene rings is 3. The van der Waals surface area contributed by atoms with Crippen molar-refractivity contribution in [2.75, 3.05) is 0 Å². The van der Waals surface area contributed by atoms with Crippen LogP contribution in [0, 0.1) is 17.1 Å². The lowest BCUT2D eigenvalue weighted by Gasteiger charge is -2.11. The van der Waals surface area contributed by atoms with Crippen LogP contribution in [-0.4, -0.2) is 14.3 Å². The smallest absolute Gasteiger partial charge is 0.252 e. The van der Waals surface area contributed by atoms with Crippen LogP contribution in [0.3, 0.4) is 0 Å². The van der Waals surface area contributed by atoms with Crippen molar-refractivity contribution in [2.45, 2.75) is 11.4 Å². The molecule has 8 heteroatoms. The molecule has 6 nitrogen and oxygen atoms in total. The number of nitriles is 1.